The molecule has 0 unspecified atom stereocenters. The average molecular weight is 247 g/mol. The zero-order valence-corrected chi connectivity index (χ0v) is 10.3. The number of nitrogens with zero attached hydrogens (tertiary/aromatic N) is 1. The maximum absolute atomic E-state index is 11.7. The first-order valence-electron chi connectivity index (χ1n) is 5.81. The minimum absolute atomic E-state index is 0.0483. The van der Waals surface area contributed by atoms with Crippen LogP contribution in [0, 0.1) is 0 Å². The first kappa shape index (κ1) is 12.4. The summed E-state index contributed by atoms with van der Waals surface area (Å²) in [6.45, 7) is 1.30. The van der Waals surface area contributed by atoms with Gasteiger partial charge in [-0.25, -0.2) is 0 Å². The molecule has 1 aromatic carbocycles. The molecule has 18 heavy (non-hydrogen) atoms. The number of para-hydroxylation sites is 1. The fourth-order valence-corrected chi connectivity index (χ4v) is 1.93. The Morgan fingerprint density at radius 3 is 3.06 bits per heavy atom. The van der Waals surface area contributed by atoms with E-state index in [1.807, 2.05) is 35.0 Å². The molecular formula is C13H17N3O2. The molecule has 1 amide bonds. The van der Waals surface area contributed by atoms with Gasteiger partial charge < -0.3 is 20.4 Å². The number of anilines is 1. The molecule has 2 rings (SSSR count). The molecule has 0 bridgehead atoms. The van der Waals surface area contributed by atoms with Crippen molar-refractivity contribution in [2.45, 2.75) is 6.54 Å². The molecule has 0 fully saturated rings. The van der Waals surface area contributed by atoms with Crippen LogP contribution in [-0.2, 0) is 16.1 Å². The number of hydrogen-bond acceptors (Lipinski definition) is 3. The van der Waals surface area contributed by atoms with E-state index in [1.165, 1.54) is 0 Å². The number of ether oxygens (including phenoxy) is 1. The molecular weight excluding hydrogens is 230 g/mol. The van der Waals surface area contributed by atoms with Crippen molar-refractivity contribution in [1.29, 1.82) is 0 Å². The molecule has 0 saturated heterocycles. The molecule has 0 atom stereocenters. The molecule has 3 N–H and O–H groups in total. The Balaban J connectivity index is 2.10. The number of carbonyl (C=O) groups excluding carboxylic acids is 1. The van der Waals surface area contributed by atoms with E-state index in [4.69, 9.17) is 10.5 Å². The third-order valence-electron chi connectivity index (χ3n) is 2.76. The number of carbonyl (C=O) groups is 1. The first-order valence-corrected chi connectivity index (χ1v) is 5.81. The molecule has 0 saturated carbocycles. The Morgan fingerprint density at radius 2 is 2.28 bits per heavy atom. The topological polar surface area (TPSA) is 69.3 Å². The molecule has 1 aromatic heterocycles. The summed E-state index contributed by atoms with van der Waals surface area (Å²) in [5, 5.41) is 3.82. The molecule has 2 aromatic rings. The van der Waals surface area contributed by atoms with Gasteiger partial charge in [0.1, 0.15) is 6.54 Å². The highest BCUT2D eigenvalue weighted by atomic mass is 16.5. The number of amides is 1. The normalized spacial score (nSPS) is 10.7. The highest BCUT2D eigenvalue weighted by Gasteiger charge is 2.07. The number of methoxy groups -OCH3 is 1. The quantitative estimate of drug-likeness (QED) is 0.611. The van der Waals surface area contributed by atoms with E-state index in [-0.39, 0.29) is 12.5 Å². The van der Waals surface area contributed by atoms with E-state index in [0.717, 1.165) is 10.9 Å². The summed E-state index contributed by atoms with van der Waals surface area (Å²) in [6, 6.07) is 7.67. The lowest BCUT2D eigenvalue weighted by Gasteiger charge is -2.08. The summed E-state index contributed by atoms with van der Waals surface area (Å²) in [7, 11) is 1.60. The smallest absolute Gasteiger partial charge is 0.240 e. The van der Waals surface area contributed by atoms with Gasteiger partial charge in [0.2, 0.25) is 5.91 Å². The number of nitrogen functional groups attached to an aromatic ring is 1. The maximum atomic E-state index is 11.7. The van der Waals surface area contributed by atoms with Gasteiger partial charge in [0, 0.05) is 25.2 Å². The van der Waals surface area contributed by atoms with Crippen LogP contribution in [-0.4, -0.2) is 30.7 Å². The van der Waals surface area contributed by atoms with E-state index in [1.54, 1.807) is 7.11 Å². The fraction of sp³-hybridized carbons (Fsp3) is 0.308. The van der Waals surface area contributed by atoms with Crippen LogP contribution in [0.5, 0.6) is 0 Å². The van der Waals surface area contributed by atoms with Gasteiger partial charge >= 0.3 is 0 Å². The number of hydrogen-bond donors (Lipinski definition) is 2. The van der Waals surface area contributed by atoms with Crippen LogP contribution in [0.25, 0.3) is 10.9 Å². The van der Waals surface area contributed by atoms with E-state index >= 15 is 0 Å². The van der Waals surface area contributed by atoms with Crippen molar-refractivity contribution in [2.24, 2.45) is 0 Å². The lowest BCUT2D eigenvalue weighted by molar-refractivity contribution is -0.121. The van der Waals surface area contributed by atoms with Crippen LogP contribution in [0.4, 0.5) is 5.69 Å². The molecule has 0 aliphatic heterocycles. The van der Waals surface area contributed by atoms with Gasteiger partial charge in [-0.05, 0) is 12.1 Å². The second-order valence-corrected chi connectivity index (χ2v) is 4.07. The van der Waals surface area contributed by atoms with Gasteiger partial charge in [-0.2, -0.15) is 0 Å². The van der Waals surface area contributed by atoms with Crippen LogP contribution in [0.1, 0.15) is 0 Å². The Kier molecular flexibility index (Phi) is 3.84. The van der Waals surface area contributed by atoms with Crippen LogP contribution in [0.2, 0.25) is 0 Å². The summed E-state index contributed by atoms with van der Waals surface area (Å²) in [4.78, 5) is 11.7. The van der Waals surface area contributed by atoms with Crippen molar-refractivity contribution >= 4 is 22.5 Å². The summed E-state index contributed by atoms with van der Waals surface area (Å²) < 4.78 is 6.73. The summed E-state index contributed by atoms with van der Waals surface area (Å²) in [5.74, 6) is -0.0483. The second-order valence-electron chi connectivity index (χ2n) is 4.07. The third kappa shape index (κ3) is 2.62. The Labute approximate surface area is 106 Å². The molecule has 0 radical (unpaired) electrons. The largest absolute Gasteiger partial charge is 0.397 e. The molecule has 96 valence electrons. The van der Waals surface area contributed by atoms with E-state index < -0.39 is 0 Å². The number of rotatable bonds is 5. The van der Waals surface area contributed by atoms with E-state index in [0.29, 0.717) is 18.8 Å². The van der Waals surface area contributed by atoms with Gasteiger partial charge in [0.25, 0.3) is 0 Å². The zero-order valence-electron chi connectivity index (χ0n) is 10.3. The van der Waals surface area contributed by atoms with Crippen molar-refractivity contribution in [3.8, 4) is 0 Å². The standard InChI is InChI=1S/C13H17N3O2/c1-18-8-6-15-12(17)9-16-7-5-10-3-2-4-11(14)13(10)16/h2-5,7H,6,8-9,14H2,1H3,(H,15,17). The van der Waals surface area contributed by atoms with Crippen LogP contribution < -0.4 is 11.1 Å². The third-order valence-corrected chi connectivity index (χ3v) is 2.76. The van der Waals surface area contributed by atoms with Gasteiger partial charge in [-0.15, -0.1) is 0 Å². The van der Waals surface area contributed by atoms with Crippen molar-refractivity contribution in [1.82, 2.24) is 9.88 Å². The first-order chi connectivity index (χ1) is 8.72. The van der Waals surface area contributed by atoms with Crippen molar-refractivity contribution in [3.05, 3.63) is 30.5 Å². The predicted molar refractivity (Wildman–Crippen MR) is 71.2 cm³/mol. The maximum Gasteiger partial charge on any atom is 0.240 e. The SMILES string of the molecule is COCCNC(=O)Cn1ccc2cccc(N)c21. The van der Waals surface area contributed by atoms with E-state index in [9.17, 15) is 4.79 Å². The van der Waals surface area contributed by atoms with E-state index in [2.05, 4.69) is 5.32 Å². The monoisotopic (exact) mass is 247 g/mol. The van der Waals surface area contributed by atoms with Crippen LogP contribution in [0.15, 0.2) is 30.5 Å². The summed E-state index contributed by atoms with van der Waals surface area (Å²) in [6.07, 6.45) is 1.87. The predicted octanol–water partition coefficient (Wildman–Crippen LogP) is 0.986. The molecule has 5 heteroatoms. The van der Waals surface area contributed by atoms with Gasteiger partial charge in [0.05, 0.1) is 17.8 Å². The molecule has 0 aliphatic rings. The lowest BCUT2D eigenvalue weighted by Crippen LogP contribution is -2.30. The van der Waals surface area contributed by atoms with Crippen molar-refractivity contribution < 1.29 is 9.53 Å². The summed E-state index contributed by atoms with van der Waals surface area (Å²) in [5.41, 5.74) is 7.51. The highest BCUT2D eigenvalue weighted by Crippen LogP contribution is 2.21. The van der Waals surface area contributed by atoms with Gasteiger partial charge in [-0.1, -0.05) is 12.1 Å². The molecule has 1 heterocycles. The van der Waals surface area contributed by atoms with Gasteiger partial charge in [-0.3, -0.25) is 4.79 Å². The number of nitrogens with two attached hydrogens (primary N) is 1. The molecule has 0 spiro atoms. The van der Waals surface area contributed by atoms with Crippen molar-refractivity contribution in [3.63, 3.8) is 0 Å². The lowest BCUT2D eigenvalue weighted by atomic mass is 10.2. The zero-order chi connectivity index (χ0) is 13.0. The highest BCUT2D eigenvalue weighted by molar-refractivity contribution is 5.91. The average Bonchev–Trinajstić information content (AvgIpc) is 2.74. The van der Waals surface area contributed by atoms with Crippen LogP contribution >= 0.6 is 0 Å². The number of fused-ring (bicyclic) bond motifs is 1. The van der Waals surface area contributed by atoms with Gasteiger partial charge in [0.15, 0.2) is 0 Å². The Morgan fingerprint density at radius 1 is 1.44 bits per heavy atom. The molecule has 5 nitrogen and oxygen atoms in total. The minimum Gasteiger partial charge on any atom is -0.397 e. The second kappa shape index (κ2) is 5.55. The number of benzene rings is 1. The van der Waals surface area contributed by atoms with Crippen LogP contribution in [0.3, 0.4) is 0 Å². The summed E-state index contributed by atoms with van der Waals surface area (Å²) >= 11 is 0. The van der Waals surface area contributed by atoms with Crippen molar-refractivity contribution in [2.75, 3.05) is 26.0 Å². The molecule has 0 aliphatic carbocycles. The Bertz CT molecular complexity index is 548. The number of nitrogens with one attached hydrogen (secondary N) is 1. The Hall–Kier alpha value is -2.01. The number of aromatic nitrogens is 1. The minimum atomic E-state index is -0.0483. The fourth-order valence-electron chi connectivity index (χ4n) is 1.93.